The van der Waals surface area contributed by atoms with Crippen molar-refractivity contribution < 1.29 is 23.7 Å². The molecule has 0 spiro atoms. The zero-order valence-corrected chi connectivity index (χ0v) is 13.0. The summed E-state index contributed by atoms with van der Waals surface area (Å²) < 4.78 is 24.8. The molecule has 0 aromatic carbocycles. The van der Waals surface area contributed by atoms with Crippen LogP contribution in [0.1, 0.15) is 38.5 Å². The second-order valence-corrected chi connectivity index (χ2v) is 8.92. The molecule has 2 saturated carbocycles. The van der Waals surface area contributed by atoms with Crippen molar-refractivity contribution in [3.05, 3.63) is 0 Å². The van der Waals surface area contributed by atoms with Gasteiger partial charge < -0.3 is 15.3 Å². The first-order valence-corrected chi connectivity index (χ1v) is 9.53. The first-order valence-electron chi connectivity index (χ1n) is 7.92. The summed E-state index contributed by atoms with van der Waals surface area (Å²) >= 11 is 0. The maximum absolute atomic E-state index is 11.8. The van der Waals surface area contributed by atoms with Gasteiger partial charge in [-0.3, -0.25) is 0 Å². The van der Waals surface area contributed by atoms with Gasteiger partial charge >= 0.3 is 0 Å². The van der Waals surface area contributed by atoms with Crippen LogP contribution in [0.25, 0.3) is 0 Å². The Kier molecular flexibility index (Phi) is 4.07. The van der Waals surface area contributed by atoms with Crippen LogP contribution in [0.4, 0.5) is 0 Å². The second-order valence-electron chi connectivity index (χ2n) is 6.83. The largest absolute Gasteiger partial charge is 0.389 e. The van der Waals surface area contributed by atoms with Gasteiger partial charge in [0.05, 0.1) is 17.5 Å². The van der Waals surface area contributed by atoms with Crippen LogP contribution in [0.15, 0.2) is 0 Å². The Balaban J connectivity index is 1.71. The molecule has 3 fully saturated rings. The van der Waals surface area contributed by atoms with Gasteiger partial charge in [-0.2, -0.15) is 4.31 Å². The summed E-state index contributed by atoms with van der Waals surface area (Å²) in [5.41, 5.74) is -1.25. The molecule has 2 aliphatic carbocycles. The second kappa shape index (κ2) is 5.45. The smallest absolute Gasteiger partial charge is 0.214 e. The van der Waals surface area contributed by atoms with E-state index in [-0.39, 0.29) is 24.1 Å². The summed E-state index contributed by atoms with van der Waals surface area (Å²) in [4.78, 5) is 0. The zero-order valence-electron chi connectivity index (χ0n) is 12.2. The van der Waals surface area contributed by atoms with Crippen molar-refractivity contribution in [2.24, 2.45) is 11.8 Å². The molecule has 3 rings (SSSR count). The lowest BCUT2D eigenvalue weighted by Crippen LogP contribution is -2.58. The lowest BCUT2D eigenvalue weighted by Gasteiger charge is -2.44. The maximum atomic E-state index is 11.8. The van der Waals surface area contributed by atoms with Crippen molar-refractivity contribution in [2.75, 3.05) is 18.8 Å². The Morgan fingerprint density at radius 2 is 1.71 bits per heavy atom. The molecule has 0 aromatic heterocycles. The van der Waals surface area contributed by atoms with E-state index >= 15 is 0 Å². The first-order chi connectivity index (χ1) is 9.85. The van der Waals surface area contributed by atoms with Gasteiger partial charge in [-0.15, -0.1) is 0 Å². The molecule has 5 atom stereocenters. The third-order valence-corrected chi connectivity index (χ3v) is 7.63. The predicted molar refractivity (Wildman–Crippen MR) is 77.0 cm³/mol. The number of aliphatic hydroxyl groups is 3. The highest BCUT2D eigenvalue weighted by molar-refractivity contribution is 7.89. The van der Waals surface area contributed by atoms with Crippen molar-refractivity contribution in [1.29, 1.82) is 0 Å². The fraction of sp³-hybridized carbons (Fsp3) is 1.00. The van der Waals surface area contributed by atoms with Crippen molar-refractivity contribution in [3.8, 4) is 0 Å². The van der Waals surface area contributed by atoms with Crippen molar-refractivity contribution >= 4 is 10.0 Å². The number of fused-ring (bicyclic) bond motifs is 2. The number of sulfonamides is 1. The number of nitrogens with zero attached hydrogens (tertiary/aromatic N) is 1. The monoisotopic (exact) mass is 319 g/mol. The third kappa shape index (κ3) is 2.53. The highest BCUT2D eigenvalue weighted by Gasteiger charge is 2.56. The van der Waals surface area contributed by atoms with Crippen LogP contribution in [-0.2, 0) is 10.0 Å². The van der Waals surface area contributed by atoms with Crippen LogP contribution in [0.2, 0.25) is 0 Å². The average Bonchev–Trinajstić information content (AvgIpc) is 2.82. The Hall–Kier alpha value is -0.210. The van der Waals surface area contributed by atoms with Gasteiger partial charge in [-0.1, -0.05) is 6.42 Å². The Labute approximate surface area is 125 Å². The van der Waals surface area contributed by atoms with E-state index in [1.165, 1.54) is 4.31 Å². The van der Waals surface area contributed by atoms with Gasteiger partial charge in [0, 0.05) is 13.1 Å². The van der Waals surface area contributed by atoms with Crippen LogP contribution in [0.3, 0.4) is 0 Å². The maximum Gasteiger partial charge on any atom is 0.214 e. The van der Waals surface area contributed by atoms with Crippen LogP contribution in [-0.4, -0.2) is 64.7 Å². The molecular formula is C14H25NO5S. The molecular weight excluding hydrogens is 294 g/mol. The number of β-amino-alcohol motifs (C(OH)–C–C–N with tert-alkyl or cyclic N) is 1. The summed E-state index contributed by atoms with van der Waals surface area (Å²) in [7, 11) is -3.30. The summed E-state index contributed by atoms with van der Waals surface area (Å²) in [6.07, 6.45) is 2.62. The zero-order chi connectivity index (χ0) is 15.3. The van der Waals surface area contributed by atoms with Crippen LogP contribution >= 0.6 is 0 Å². The fourth-order valence-corrected chi connectivity index (χ4v) is 6.10. The van der Waals surface area contributed by atoms with E-state index in [1.807, 2.05) is 0 Å². The van der Waals surface area contributed by atoms with Gasteiger partial charge in [0.2, 0.25) is 10.0 Å². The van der Waals surface area contributed by atoms with E-state index in [1.54, 1.807) is 0 Å². The van der Waals surface area contributed by atoms with Crippen molar-refractivity contribution in [1.82, 2.24) is 4.31 Å². The van der Waals surface area contributed by atoms with E-state index in [0.717, 1.165) is 32.1 Å². The Bertz CT molecular complexity index is 478. The van der Waals surface area contributed by atoms with Crippen LogP contribution in [0.5, 0.6) is 0 Å². The molecule has 0 radical (unpaired) electrons. The summed E-state index contributed by atoms with van der Waals surface area (Å²) in [5.74, 6) is 0.151. The highest BCUT2D eigenvalue weighted by atomic mass is 32.2. The summed E-state index contributed by atoms with van der Waals surface area (Å²) in [6.45, 7) is 0.267. The molecule has 2 unspecified atom stereocenters. The van der Waals surface area contributed by atoms with Gasteiger partial charge in [-0.25, -0.2) is 8.42 Å². The molecule has 0 amide bonds. The molecule has 1 aliphatic heterocycles. The first kappa shape index (κ1) is 15.7. The van der Waals surface area contributed by atoms with E-state index in [4.69, 9.17) is 0 Å². The molecule has 0 aromatic rings. The van der Waals surface area contributed by atoms with Gasteiger partial charge in [0.1, 0.15) is 6.10 Å². The van der Waals surface area contributed by atoms with Crippen molar-refractivity contribution in [3.63, 3.8) is 0 Å². The minimum absolute atomic E-state index is 0.0242. The Morgan fingerprint density at radius 3 is 2.24 bits per heavy atom. The molecule has 21 heavy (non-hydrogen) atoms. The van der Waals surface area contributed by atoms with Gasteiger partial charge in [0.15, 0.2) is 0 Å². The summed E-state index contributed by atoms with van der Waals surface area (Å²) in [5, 5.41) is 31.7. The van der Waals surface area contributed by atoms with E-state index < -0.39 is 27.8 Å². The van der Waals surface area contributed by atoms with Crippen molar-refractivity contribution in [2.45, 2.75) is 56.3 Å². The average molecular weight is 319 g/mol. The molecule has 1 heterocycles. The Morgan fingerprint density at radius 1 is 1.10 bits per heavy atom. The molecule has 7 heteroatoms. The van der Waals surface area contributed by atoms with Crippen LogP contribution in [0, 0.1) is 11.8 Å². The SMILES string of the molecule is O=S1(=O)CCCN1CC(O)C(O)[C@]1(O)[C@@H]2CCC[C@H]1CC2. The number of rotatable bonds is 4. The van der Waals surface area contributed by atoms with Crippen LogP contribution < -0.4 is 0 Å². The van der Waals surface area contributed by atoms with Gasteiger partial charge in [0.25, 0.3) is 0 Å². The van der Waals surface area contributed by atoms with E-state index in [0.29, 0.717) is 13.0 Å². The normalized spacial score (nSPS) is 42.0. The summed E-state index contributed by atoms with van der Waals surface area (Å²) in [6, 6.07) is 0. The molecule has 3 N–H and O–H groups in total. The van der Waals surface area contributed by atoms with E-state index in [9.17, 15) is 23.7 Å². The predicted octanol–water partition coefficient (Wildman–Crippen LogP) is -0.315. The number of aliphatic hydroxyl groups excluding tert-OH is 2. The lowest BCUT2D eigenvalue weighted by molar-refractivity contribution is -0.177. The lowest BCUT2D eigenvalue weighted by atomic mass is 9.70. The molecule has 1 saturated heterocycles. The highest BCUT2D eigenvalue weighted by Crippen LogP contribution is 2.51. The molecule has 122 valence electrons. The van der Waals surface area contributed by atoms with E-state index in [2.05, 4.69) is 0 Å². The topological polar surface area (TPSA) is 98.1 Å². The standard InChI is InChI=1S/C14H25NO5S/c16-12(9-15-7-2-8-21(15,19)20)13(17)14(18)10-3-1-4-11(14)6-5-10/h10-13,16-18H,1-9H2/t10-,11+,12?,13?,14+. The van der Waals surface area contributed by atoms with Gasteiger partial charge in [-0.05, 0) is 43.9 Å². The molecule has 6 nitrogen and oxygen atoms in total. The fourth-order valence-electron chi connectivity index (χ4n) is 4.56. The molecule has 3 aliphatic rings. The minimum atomic E-state index is -3.30. The minimum Gasteiger partial charge on any atom is -0.389 e. The number of hydrogen-bond donors (Lipinski definition) is 3. The number of hydrogen-bond acceptors (Lipinski definition) is 5. The third-order valence-electron chi connectivity index (χ3n) is 5.71. The quantitative estimate of drug-likeness (QED) is 0.660. The molecule has 2 bridgehead atoms.